The lowest BCUT2D eigenvalue weighted by Gasteiger charge is -2.19. The number of fused-ring (bicyclic) bond motifs is 1. The predicted molar refractivity (Wildman–Crippen MR) is 95.0 cm³/mol. The molecule has 0 aliphatic carbocycles. The highest BCUT2D eigenvalue weighted by Crippen LogP contribution is 2.16. The minimum atomic E-state index is -0.232. The van der Waals surface area contributed by atoms with Crippen molar-refractivity contribution in [1.82, 2.24) is 24.8 Å². The summed E-state index contributed by atoms with van der Waals surface area (Å²) in [4.78, 5) is 30.4. The lowest BCUT2D eigenvalue weighted by Crippen LogP contribution is -2.26. The minimum Gasteiger partial charge on any atom is -0.305 e. The first kappa shape index (κ1) is 16.5. The molecule has 0 unspecified atom stereocenters. The fraction of sp³-hybridized carbons (Fsp3) is 0.263. The number of aromatic nitrogens is 4. The number of H-pyrrole nitrogens is 1. The number of nitrogens with one attached hydrogen (secondary N) is 1. The summed E-state index contributed by atoms with van der Waals surface area (Å²) in [6, 6.07) is 6.54. The molecular weight excluding hydrogens is 333 g/mol. The Morgan fingerprint density at radius 1 is 1.12 bits per heavy atom. The van der Waals surface area contributed by atoms with Crippen LogP contribution in [0.4, 0.5) is 4.39 Å². The van der Waals surface area contributed by atoms with Gasteiger partial charge in [0, 0.05) is 44.0 Å². The van der Waals surface area contributed by atoms with Gasteiger partial charge < -0.3 is 4.98 Å². The van der Waals surface area contributed by atoms with E-state index in [1.165, 1.54) is 12.1 Å². The van der Waals surface area contributed by atoms with Gasteiger partial charge in [-0.25, -0.2) is 14.4 Å². The van der Waals surface area contributed by atoms with Crippen molar-refractivity contribution in [3.63, 3.8) is 0 Å². The summed E-state index contributed by atoms with van der Waals surface area (Å²) in [7, 11) is 0. The predicted octanol–water partition coefficient (Wildman–Crippen LogP) is 1.97. The van der Waals surface area contributed by atoms with E-state index in [1.54, 1.807) is 30.7 Å². The Labute approximate surface area is 149 Å². The topological polar surface area (TPSA) is 74.8 Å². The number of nitrogens with zero attached hydrogens (tertiary/aromatic N) is 4. The zero-order valence-electron chi connectivity index (χ0n) is 14.2. The highest BCUT2D eigenvalue weighted by atomic mass is 19.1. The lowest BCUT2D eigenvalue weighted by molar-refractivity contribution is 0.278. The number of halogens is 1. The van der Waals surface area contributed by atoms with Crippen LogP contribution in [0.15, 0.2) is 47.7 Å². The average molecular weight is 351 g/mol. The summed E-state index contributed by atoms with van der Waals surface area (Å²) in [6.45, 7) is 2.28. The van der Waals surface area contributed by atoms with E-state index in [1.807, 2.05) is 0 Å². The Kier molecular flexibility index (Phi) is 4.53. The standard InChI is InChI=1S/C19H18FN5O/c20-14-3-1-13(2-4-14)12-25-9-5-15-16(6-10-25)23-18(24-19(15)26)17-11-21-7-8-22-17/h1-4,7-8,11H,5-6,9-10,12H2,(H,23,24,26). The molecule has 0 fully saturated rings. The van der Waals surface area contributed by atoms with Crippen LogP contribution in [0.2, 0.25) is 0 Å². The van der Waals surface area contributed by atoms with Gasteiger partial charge >= 0.3 is 0 Å². The Balaban J connectivity index is 1.55. The molecule has 3 aromatic rings. The lowest BCUT2D eigenvalue weighted by atomic mass is 10.1. The van der Waals surface area contributed by atoms with E-state index in [0.717, 1.165) is 36.5 Å². The Hall–Kier alpha value is -2.93. The van der Waals surface area contributed by atoms with Crippen molar-refractivity contribution < 1.29 is 4.39 Å². The second kappa shape index (κ2) is 7.13. The maximum atomic E-state index is 13.1. The van der Waals surface area contributed by atoms with Crippen molar-refractivity contribution in [2.75, 3.05) is 13.1 Å². The zero-order valence-corrected chi connectivity index (χ0v) is 14.2. The molecule has 0 atom stereocenters. The summed E-state index contributed by atoms with van der Waals surface area (Å²) in [5.41, 5.74) is 3.05. The van der Waals surface area contributed by atoms with E-state index in [4.69, 9.17) is 0 Å². The maximum Gasteiger partial charge on any atom is 0.254 e. The third-order valence-corrected chi connectivity index (χ3v) is 4.57. The van der Waals surface area contributed by atoms with Crippen LogP contribution in [-0.4, -0.2) is 37.9 Å². The first-order valence-corrected chi connectivity index (χ1v) is 8.54. The van der Waals surface area contributed by atoms with Crippen molar-refractivity contribution in [2.24, 2.45) is 0 Å². The monoisotopic (exact) mass is 351 g/mol. The molecule has 3 heterocycles. The second-order valence-corrected chi connectivity index (χ2v) is 6.33. The number of benzene rings is 1. The maximum absolute atomic E-state index is 13.1. The molecule has 6 nitrogen and oxygen atoms in total. The van der Waals surface area contributed by atoms with Crippen LogP contribution in [0.1, 0.15) is 16.8 Å². The molecule has 0 saturated carbocycles. The summed E-state index contributed by atoms with van der Waals surface area (Å²) >= 11 is 0. The van der Waals surface area contributed by atoms with Crippen LogP contribution >= 0.6 is 0 Å². The molecule has 0 radical (unpaired) electrons. The van der Waals surface area contributed by atoms with Gasteiger partial charge in [0.05, 0.1) is 11.9 Å². The van der Waals surface area contributed by atoms with E-state index < -0.39 is 0 Å². The quantitative estimate of drug-likeness (QED) is 0.781. The molecule has 26 heavy (non-hydrogen) atoms. The number of hydrogen-bond donors (Lipinski definition) is 1. The molecule has 0 bridgehead atoms. The highest BCUT2D eigenvalue weighted by Gasteiger charge is 2.19. The summed E-state index contributed by atoms with van der Waals surface area (Å²) in [5, 5.41) is 0. The second-order valence-electron chi connectivity index (χ2n) is 6.33. The van der Waals surface area contributed by atoms with Crippen LogP contribution in [-0.2, 0) is 19.4 Å². The van der Waals surface area contributed by atoms with Crippen LogP contribution in [0.5, 0.6) is 0 Å². The zero-order chi connectivity index (χ0) is 17.9. The van der Waals surface area contributed by atoms with E-state index in [0.29, 0.717) is 24.4 Å². The van der Waals surface area contributed by atoms with Gasteiger partial charge in [-0.3, -0.25) is 14.7 Å². The van der Waals surface area contributed by atoms with Crippen molar-refractivity contribution in [3.05, 3.63) is 75.8 Å². The van der Waals surface area contributed by atoms with Crippen molar-refractivity contribution >= 4 is 0 Å². The Morgan fingerprint density at radius 2 is 1.92 bits per heavy atom. The molecule has 1 N–H and O–H groups in total. The molecule has 0 amide bonds. The highest BCUT2D eigenvalue weighted by molar-refractivity contribution is 5.47. The smallest absolute Gasteiger partial charge is 0.254 e. The summed E-state index contributed by atoms with van der Waals surface area (Å²) < 4.78 is 13.1. The van der Waals surface area contributed by atoms with Gasteiger partial charge in [-0.2, -0.15) is 0 Å². The fourth-order valence-corrected chi connectivity index (χ4v) is 3.20. The molecule has 2 aromatic heterocycles. The van der Waals surface area contributed by atoms with Crippen molar-refractivity contribution in [2.45, 2.75) is 19.4 Å². The van der Waals surface area contributed by atoms with Gasteiger partial charge in [0.25, 0.3) is 5.56 Å². The van der Waals surface area contributed by atoms with E-state index in [2.05, 4.69) is 24.8 Å². The van der Waals surface area contributed by atoms with Crippen LogP contribution in [0.3, 0.4) is 0 Å². The molecule has 0 saturated heterocycles. The van der Waals surface area contributed by atoms with Crippen LogP contribution in [0, 0.1) is 5.82 Å². The summed E-state index contributed by atoms with van der Waals surface area (Å²) in [6.07, 6.45) is 6.07. The first-order valence-electron chi connectivity index (χ1n) is 8.54. The van der Waals surface area contributed by atoms with Gasteiger partial charge in [-0.1, -0.05) is 12.1 Å². The molecule has 0 spiro atoms. The van der Waals surface area contributed by atoms with Crippen molar-refractivity contribution in [3.8, 4) is 11.5 Å². The van der Waals surface area contributed by atoms with E-state index in [9.17, 15) is 9.18 Å². The Morgan fingerprint density at radius 3 is 2.69 bits per heavy atom. The number of rotatable bonds is 3. The fourth-order valence-electron chi connectivity index (χ4n) is 3.20. The molecule has 1 aliphatic heterocycles. The number of hydrogen-bond acceptors (Lipinski definition) is 5. The third-order valence-electron chi connectivity index (χ3n) is 4.57. The van der Waals surface area contributed by atoms with E-state index >= 15 is 0 Å². The number of aromatic amines is 1. The van der Waals surface area contributed by atoms with Gasteiger partial charge in [0.15, 0.2) is 5.82 Å². The summed E-state index contributed by atoms with van der Waals surface area (Å²) in [5.74, 6) is 0.220. The Bertz CT molecular complexity index is 956. The van der Waals surface area contributed by atoms with Gasteiger partial charge in [-0.05, 0) is 24.1 Å². The van der Waals surface area contributed by atoms with Gasteiger partial charge in [-0.15, -0.1) is 0 Å². The minimum absolute atomic E-state index is 0.112. The van der Waals surface area contributed by atoms with Crippen LogP contribution < -0.4 is 5.56 Å². The van der Waals surface area contributed by atoms with Gasteiger partial charge in [0.2, 0.25) is 0 Å². The van der Waals surface area contributed by atoms with Crippen molar-refractivity contribution in [1.29, 1.82) is 0 Å². The molecule has 4 rings (SSSR count). The normalized spacial score (nSPS) is 14.7. The molecule has 1 aromatic carbocycles. The first-order chi connectivity index (χ1) is 12.7. The molecule has 7 heteroatoms. The largest absolute Gasteiger partial charge is 0.305 e. The third kappa shape index (κ3) is 3.52. The molecular formula is C19H18FN5O. The molecule has 132 valence electrons. The van der Waals surface area contributed by atoms with Crippen LogP contribution in [0.25, 0.3) is 11.5 Å². The van der Waals surface area contributed by atoms with E-state index in [-0.39, 0.29) is 11.4 Å². The SMILES string of the molecule is O=c1[nH]c(-c2cnccn2)nc2c1CCN(Cc1ccc(F)cc1)CC2. The molecule has 1 aliphatic rings. The average Bonchev–Trinajstić information content (AvgIpc) is 2.87. The van der Waals surface area contributed by atoms with Gasteiger partial charge in [0.1, 0.15) is 11.5 Å².